The van der Waals surface area contributed by atoms with Crippen LogP contribution in [0.3, 0.4) is 0 Å². The van der Waals surface area contributed by atoms with Crippen molar-refractivity contribution >= 4 is 16.9 Å². The van der Waals surface area contributed by atoms with Gasteiger partial charge in [0.2, 0.25) is 5.91 Å². The standard InChI is InChI=1S/C19H25N3O/c1-13-9-17-18(10-14(13)2)22(12-20-17)11-15-5-7-21(8-6-15)19(23)16-3-4-16/h9-10,12,15-16H,3-8,11H2,1-2H3. The van der Waals surface area contributed by atoms with E-state index in [-0.39, 0.29) is 0 Å². The minimum Gasteiger partial charge on any atom is -0.342 e. The summed E-state index contributed by atoms with van der Waals surface area (Å²) in [5.74, 6) is 1.41. The van der Waals surface area contributed by atoms with Gasteiger partial charge in [-0.3, -0.25) is 4.79 Å². The Bertz CT molecular complexity index is 736. The Morgan fingerprint density at radius 2 is 1.83 bits per heavy atom. The SMILES string of the molecule is Cc1cc2ncn(CC3CCN(C(=O)C4CC4)CC3)c2cc1C. The van der Waals surface area contributed by atoms with E-state index in [0.29, 0.717) is 17.7 Å². The van der Waals surface area contributed by atoms with Crippen LogP contribution in [-0.2, 0) is 11.3 Å². The maximum absolute atomic E-state index is 12.1. The quantitative estimate of drug-likeness (QED) is 0.872. The molecular formula is C19H25N3O. The lowest BCUT2D eigenvalue weighted by Gasteiger charge is -2.32. The van der Waals surface area contributed by atoms with Gasteiger partial charge >= 0.3 is 0 Å². The van der Waals surface area contributed by atoms with Crippen molar-refractivity contribution in [3.8, 4) is 0 Å². The highest BCUT2D eigenvalue weighted by Crippen LogP contribution is 2.32. The molecule has 1 aromatic heterocycles. The average Bonchev–Trinajstić information content (AvgIpc) is 3.33. The van der Waals surface area contributed by atoms with Crippen LogP contribution in [0.4, 0.5) is 0 Å². The topological polar surface area (TPSA) is 38.1 Å². The first-order valence-corrected chi connectivity index (χ1v) is 8.82. The molecule has 2 aliphatic rings. The van der Waals surface area contributed by atoms with Crippen molar-refractivity contribution in [1.29, 1.82) is 0 Å². The molecule has 1 aromatic carbocycles. The summed E-state index contributed by atoms with van der Waals surface area (Å²) in [4.78, 5) is 18.8. The fourth-order valence-electron chi connectivity index (χ4n) is 3.66. The van der Waals surface area contributed by atoms with Gasteiger partial charge in [-0.2, -0.15) is 0 Å². The first-order valence-electron chi connectivity index (χ1n) is 8.82. The summed E-state index contributed by atoms with van der Waals surface area (Å²) in [5.41, 5.74) is 4.96. The molecule has 1 aliphatic carbocycles. The minimum absolute atomic E-state index is 0.357. The van der Waals surface area contributed by atoms with Gasteiger partial charge in [-0.05, 0) is 68.7 Å². The number of hydrogen-bond acceptors (Lipinski definition) is 2. The summed E-state index contributed by atoms with van der Waals surface area (Å²) in [6.07, 6.45) is 6.42. The van der Waals surface area contributed by atoms with Gasteiger partial charge in [-0.15, -0.1) is 0 Å². The number of carbonyl (C=O) groups excluding carboxylic acids is 1. The highest BCUT2D eigenvalue weighted by molar-refractivity contribution is 5.81. The minimum atomic E-state index is 0.357. The Labute approximate surface area is 137 Å². The summed E-state index contributed by atoms with van der Waals surface area (Å²) >= 11 is 0. The normalized spacial score (nSPS) is 19.5. The average molecular weight is 311 g/mol. The molecule has 122 valence electrons. The first kappa shape index (κ1) is 14.7. The zero-order chi connectivity index (χ0) is 16.0. The van der Waals surface area contributed by atoms with Gasteiger partial charge in [0.15, 0.2) is 0 Å². The molecule has 1 saturated carbocycles. The molecule has 1 saturated heterocycles. The summed E-state index contributed by atoms with van der Waals surface area (Å²) in [6, 6.07) is 4.43. The summed E-state index contributed by atoms with van der Waals surface area (Å²) in [7, 11) is 0. The lowest BCUT2D eigenvalue weighted by atomic mass is 9.96. The summed E-state index contributed by atoms with van der Waals surface area (Å²) < 4.78 is 2.30. The van der Waals surface area contributed by atoms with Crippen LogP contribution in [0.25, 0.3) is 11.0 Å². The number of carbonyl (C=O) groups is 1. The van der Waals surface area contributed by atoms with Crippen molar-refractivity contribution in [3.05, 3.63) is 29.6 Å². The molecule has 2 aromatic rings. The number of benzene rings is 1. The van der Waals surface area contributed by atoms with Crippen molar-refractivity contribution in [2.75, 3.05) is 13.1 Å². The largest absolute Gasteiger partial charge is 0.342 e. The highest BCUT2D eigenvalue weighted by Gasteiger charge is 2.34. The van der Waals surface area contributed by atoms with Crippen molar-refractivity contribution in [2.24, 2.45) is 11.8 Å². The van der Waals surface area contributed by atoms with E-state index in [4.69, 9.17) is 0 Å². The van der Waals surface area contributed by atoms with E-state index in [1.807, 2.05) is 6.33 Å². The molecule has 0 radical (unpaired) electrons. The maximum Gasteiger partial charge on any atom is 0.225 e. The number of piperidine rings is 1. The zero-order valence-corrected chi connectivity index (χ0v) is 14.1. The van der Waals surface area contributed by atoms with Crippen LogP contribution in [0.2, 0.25) is 0 Å². The van der Waals surface area contributed by atoms with Gasteiger partial charge in [-0.1, -0.05) is 0 Å². The van der Waals surface area contributed by atoms with Crippen LogP contribution < -0.4 is 0 Å². The molecule has 0 N–H and O–H groups in total. The molecule has 0 unspecified atom stereocenters. The van der Waals surface area contributed by atoms with Gasteiger partial charge in [-0.25, -0.2) is 4.98 Å². The molecule has 1 aliphatic heterocycles. The maximum atomic E-state index is 12.1. The summed E-state index contributed by atoms with van der Waals surface area (Å²) in [5, 5.41) is 0. The van der Waals surface area contributed by atoms with Crippen LogP contribution in [0.15, 0.2) is 18.5 Å². The molecule has 2 fully saturated rings. The number of aromatic nitrogens is 2. The third-order valence-electron chi connectivity index (χ3n) is 5.54. The number of rotatable bonds is 3. The number of fused-ring (bicyclic) bond motifs is 1. The first-order chi connectivity index (χ1) is 11.1. The van der Waals surface area contributed by atoms with E-state index < -0.39 is 0 Å². The Balaban J connectivity index is 1.43. The monoisotopic (exact) mass is 311 g/mol. The van der Waals surface area contributed by atoms with E-state index in [1.165, 1.54) is 16.6 Å². The molecule has 0 atom stereocenters. The number of hydrogen-bond donors (Lipinski definition) is 0. The molecule has 0 spiro atoms. The van der Waals surface area contributed by atoms with Crippen LogP contribution in [0.5, 0.6) is 0 Å². The highest BCUT2D eigenvalue weighted by atomic mass is 16.2. The molecule has 1 amide bonds. The van der Waals surface area contributed by atoms with Crippen LogP contribution in [-0.4, -0.2) is 33.4 Å². The third kappa shape index (κ3) is 2.87. The lowest BCUT2D eigenvalue weighted by molar-refractivity contribution is -0.134. The molecule has 4 heteroatoms. The van der Waals surface area contributed by atoms with E-state index in [2.05, 4.69) is 40.4 Å². The van der Waals surface area contributed by atoms with E-state index in [1.54, 1.807) is 0 Å². The fraction of sp³-hybridized carbons (Fsp3) is 0.579. The number of aryl methyl sites for hydroxylation is 2. The number of nitrogens with zero attached hydrogens (tertiary/aromatic N) is 3. The van der Waals surface area contributed by atoms with Crippen LogP contribution >= 0.6 is 0 Å². The Hall–Kier alpha value is -1.84. The van der Waals surface area contributed by atoms with Crippen molar-refractivity contribution in [3.63, 3.8) is 0 Å². The van der Waals surface area contributed by atoms with Gasteiger partial charge in [0.05, 0.1) is 17.4 Å². The van der Waals surface area contributed by atoms with E-state index in [0.717, 1.165) is 50.8 Å². The number of amides is 1. The Morgan fingerprint density at radius 1 is 1.13 bits per heavy atom. The second-order valence-corrected chi connectivity index (χ2v) is 7.37. The number of likely N-dealkylation sites (tertiary alicyclic amines) is 1. The van der Waals surface area contributed by atoms with Crippen molar-refractivity contribution in [2.45, 2.75) is 46.1 Å². The van der Waals surface area contributed by atoms with Gasteiger partial charge in [0.1, 0.15) is 0 Å². The van der Waals surface area contributed by atoms with Crippen LogP contribution in [0.1, 0.15) is 36.8 Å². The lowest BCUT2D eigenvalue weighted by Crippen LogP contribution is -2.40. The van der Waals surface area contributed by atoms with Gasteiger partial charge in [0.25, 0.3) is 0 Å². The molecule has 23 heavy (non-hydrogen) atoms. The second-order valence-electron chi connectivity index (χ2n) is 7.37. The van der Waals surface area contributed by atoms with Gasteiger partial charge < -0.3 is 9.47 Å². The molecule has 0 bridgehead atoms. The van der Waals surface area contributed by atoms with Gasteiger partial charge in [0, 0.05) is 25.6 Å². The van der Waals surface area contributed by atoms with E-state index in [9.17, 15) is 4.79 Å². The molecule has 4 rings (SSSR count). The van der Waals surface area contributed by atoms with E-state index >= 15 is 0 Å². The Morgan fingerprint density at radius 3 is 2.52 bits per heavy atom. The summed E-state index contributed by atoms with van der Waals surface area (Å²) in [6.45, 7) is 7.19. The number of imidazole rings is 1. The molecular weight excluding hydrogens is 286 g/mol. The Kier molecular flexibility index (Phi) is 3.63. The van der Waals surface area contributed by atoms with Crippen molar-refractivity contribution < 1.29 is 4.79 Å². The smallest absolute Gasteiger partial charge is 0.225 e. The van der Waals surface area contributed by atoms with Crippen molar-refractivity contribution in [1.82, 2.24) is 14.5 Å². The molecule has 2 heterocycles. The second kappa shape index (κ2) is 5.66. The predicted octanol–water partition coefficient (Wildman–Crippen LogP) is 3.30. The molecule has 4 nitrogen and oxygen atoms in total. The van der Waals surface area contributed by atoms with Crippen LogP contribution in [0, 0.1) is 25.7 Å². The fourth-order valence-corrected chi connectivity index (χ4v) is 3.66. The predicted molar refractivity (Wildman–Crippen MR) is 91.2 cm³/mol. The third-order valence-corrected chi connectivity index (χ3v) is 5.54. The zero-order valence-electron chi connectivity index (χ0n) is 14.1.